The molecule has 2 aromatic heterocycles. The number of H-pyrrole nitrogens is 1. The van der Waals surface area contributed by atoms with Crippen molar-refractivity contribution in [2.45, 2.75) is 19.3 Å². The number of anilines is 1. The Morgan fingerprint density at radius 1 is 1.30 bits per heavy atom. The monoisotopic (exact) mass is 313 g/mol. The fraction of sp³-hybridized carbons (Fsp3) is 0.250. The van der Waals surface area contributed by atoms with Gasteiger partial charge in [0.15, 0.2) is 5.78 Å². The molecule has 2 aromatic rings. The molecule has 7 heteroatoms. The zero-order chi connectivity index (χ0) is 16.4. The summed E-state index contributed by atoms with van der Waals surface area (Å²) < 4.78 is 4.98. The van der Waals surface area contributed by atoms with Gasteiger partial charge in [0.05, 0.1) is 18.9 Å². The summed E-state index contributed by atoms with van der Waals surface area (Å²) in [6.45, 7) is 0. The van der Waals surface area contributed by atoms with E-state index in [1.165, 1.54) is 19.5 Å². The van der Waals surface area contributed by atoms with Crippen LogP contribution in [0.25, 0.3) is 0 Å². The van der Waals surface area contributed by atoms with Crippen molar-refractivity contribution in [3.05, 3.63) is 51.6 Å². The Labute approximate surface area is 131 Å². The Morgan fingerprint density at radius 3 is 2.83 bits per heavy atom. The largest absolute Gasteiger partial charge is 0.495 e. The summed E-state index contributed by atoms with van der Waals surface area (Å²) in [6, 6.07) is 3.21. The molecule has 0 fully saturated rings. The Morgan fingerprint density at radius 2 is 2.13 bits per heavy atom. The number of ether oxygens (including phenoxy) is 1. The predicted molar refractivity (Wildman–Crippen MR) is 83.1 cm³/mol. The second-order valence-electron chi connectivity index (χ2n) is 5.20. The molecule has 0 atom stereocenters. The molecule has 118 valence electrons. The summed E-state index contributed by atoms with van der Waals surface area (Å²) in [5.74, 6) is 0.0225. The van der Waals surface area contributed by atoms with E-state index in [4.69, 9.17) is 4.74 Å². The number of carbonyl (C=O) groups is 2. The molecule has 0 unspecified atom stereocenters. The zero-order valence-electron chi connectivity index (χ0n) is 12.5. The lowest BCUT2D eigenvalue weighted by Crippen LogP contribution is -2.30. The van der Waals surface area contributed by atoms with Gasteiger partial charge in [0.2, 0.25) is 5.43 Å². The summed E-state index contributed by atoms with van der Waals surface area (Å²) in [4.78, 5) is 43.5. The maximum atomic E-state index is 12.4. The number of aromatic nitrogens is 2. The number of amides is 1. The van der Waals surface area contributed by atoms with Crippen LogP contribution in [0.1, 0.15) is 39.3 Å². The van der Waals surface area contributed by atoms with Crippen LogP contribution >= 0.6 is 0 Å². The molecule has 0 saturated heterocycles. The van der Waals surface area contributed by atoms with Crippen LogP contribution in [0, 0.1) is 0 Å². The average molecular weight is 313 g/mol. The maximum absolute atomic E-state index is 12.4. The molecule has 0 spiro atoms. The van der Waals surface area contributed by atoms with Crippen LogP contribution in [-0.2, 0) is 6.42 Å². The summed E-state index contributed by atoms with van der Waals surface area (Å²) in [5, 5.41) is 2.54. The van der Waals surface area contributed by atoms with Gasteiger partial charge < -0.3 is 15.0 Å². The molecule has 2 N–H and O–H groups in total. The van der Waals surface area contributed by atoms with Crippen molar-refractivity contribution >= 4 is 17.5 Å². The molecule has 0 bridgehead atoms. The van der Waals surface area contributed by atoms with E-state index in [9.17, 15) is 14.4 Å². The highest BCUT2D eigenvalue weighted by Crippen LogP contribution is 2.17. The van der Waals surface area contributed by atoms with Gasteiger partial charge in [-0.05, 0) is 25.0 Å². The van der Waals surface area contributed by atoms with Gasteiger partial charge in [-0.2, -0.15) is 0 Å². The van der Waals surface area contributed by atoms with E-state index in [1.54, 1.807) is 12.1 Å². The van der Waals surface area contributed by atoms with Crippen molar-refractivity contribution in [2.75, 3.05) is 12.4 Å². The number of hydrogen-bond acceptors (Lipinski definition) is 5. The van der Waals surface area contributed by atoms with Crippen molar-refractivity contribution in [3.8, 4) is 5.75 Å². The van der Waals surface area contributed by atoms with E-state index in [1.807, 2.05) is 0 Å². The van der Waals surface area contributed by atoms with E-state index < -0.39 is 11.3 Å². The van der Waals surface area contributed by atoms with E-state index >= 15 is 0 Å². The number of Topliss-reactive ketones (excluding diaryl/α,β-unsaturated/α-hetero) is 1. The third-order valence-corrected chi connectivity index (χ3v) is 3.73. The second kappa shape index (κ2) is 6.04. The van der Waals surface area contributed by atoms with Crippen molar-refractivity contribution in [1.82, 2.24) is 9.97 Å². The van der Waals surface area contributed by atoms with E-state index in [2.05, 4.69) is 15.3 Å². The van der Waals surface area contributed by atoms with E-state index in [0.717, 1.165) is 0 Å². The number of ketones is 1. The van der Waals surface area contributed by atoms with Gasteiger partial charge >= 0.3 is 0 Å². The molecule has 3 rings (SSSR count). The minimum Gasteiger partial charge on any atom is -0.495 e. The highest BCUT2D eigenvalue weighted by atomic mass is 16.5. The van der Waals surface area contributed by atoms with E-state index in [0.29, 0.717) is 36.5 Å². The molecule has 7 nitrogen and oxygen atoms in total. The SMILES string of the molecule is COc1ccc(NC(=O)c2c[nH]c3c(c2=O)C(=O)CCC3)nc1. The fourth-order valence-electron chi connectivity index (χ4n) is 2.54. The minimum absolute atomic E-state index is 0.100. The minimum atomic E-state index is -0.606. The Hall–Kier alpha value is -2.96. The number of nitrogens with zero attached hydrogens (tertiary/aromatic N) is 1. The second-order valence-corrected chi connectivity index (χ2v) is 5.20. The lowest BCUT2D eigenvalue weighted by Gasteiger charge is -2.14. The lowest BCUT2D eigenvalue weighted by atomic mass is 9.93. The summed E-state index contributed by atoms with van der Waals surface area (Å²) >= 11 is 0. The van der Waals surface area contributed by atoms with Crippen LogP contribution in [-0.4, -0.2) is 28.8 Å². The first kappa shape index (κ1) is 15.0. The molecular formula is C16H15N3O4. The fourth-order valence-corrected chi connectivity index (χ4v) is 2.54. The highest BCUT2D eigenvalue weighted by Gasteiger charge is 2.24. The maximum Gasteiger partial charge on any atom is 0.262 e. The molecule has 1 amide bonds. The molecule has 1 aliphatic carbocycles. The molecule has 1 aliphatic rings. The normalized spacial score (nSPS) is 13.3. The first-order valence-corrected chi connectivity index (χ1v) is 7.19. The van der Waals surface area contributed by atoms with Crippen molar-refractivity contribution in [2.24, 2.45) is 0 Å². The van der Waals surface area contributed by atoms with Crippen molar-refractivity contribution in [3.63, 3.8) is 0 Å². The number of methoxy groups -OCH3 is 1. The first-order valence-electron chi connectivity index (χ1n) is 7.19. The Balaban J connectivity index is 1.89. The number of fused-ring (bicyclic) bond motifs is 1. The van der Waals surface area contributed by atoms with E-state index in [-0.39, 0.29) is 16.9 Å². The smallest absolute Gasteiger partial charge is 0.262 e. The summed E-state index contributed by atoms with van der Waals surface area (Å²) in [7, 11) is 1.51. The molecule has 2 heterocycles. The van der Waals surface area contributed by atoms with Gasteiger partial charge in [-0.15, -0.1) is 0 Å². The van der Waals surface area contributed by atoms with Crippen molar-refractivity contribution in [1.29, 1.82) is 0 Å². The molecule has 0 aliphatic heterocycles. The van der Waals surface area contributed by atoms with Crippen LogP contribution in [0.4, 0.5) is 5.82 Å². The van der Waals surface area contributed by atoms with Gasteiger partial charge in [0.25, 0.3) is 5.91 Å². The van der Waals surface area contributed by atoms with Crippen LogP contribution in [0.15, 0.2) is 29.3 Å². The predicted octanol–water partition coefficient (Wildman–Crippen LogP) is 1.55. The van der Waals surface area contributed by atoms with Crippen LogP contribution < -0.4 is 15.5 Å². The number of carbonyl (C=O) groups excluding carboxylic acids is 2. The topological polar surface area (TPSA) is 101 Å². The third-order valence-electron chi connectivity index (χ3n) is 3.73. The molecule has 23 heavy (non-hydrogen) atoms. The number of aryl methyl sites for hydroxylation is 1. The quantitative estimate of drug-likeness (QED) is 0.895. The number of aromatic amines is 1. The van der Waals surface area contributed by atoms with Crippen LogP contribution in [0.3, 0.4) is 0 Å². The van der Waals surface area contributed by atoms with Gasteiger partial charge in [-0.1, -0.05) is 0 Å². The summed E-state index contributed by atoms with van der Waals surface area (Å²) in [6.07, 6.45) is 4.48. The Bertz CT molecular complexity index is 824. The standard InChI is InChI=1S/C16H15N3O4/c1-23-9-5-6-13(18-7-9)19-16(22)10-8-17-11-3-2-4-12(20)14(11)15(10)21/h5-8H,2-4H2,1H3,(H,17,21)(H,18,19,22). The third kappa shape index (κ3) is 2.85. The molecule has 0 radical (unpaired) electrons. The first-order chi connectivity index (χ1) is 11.1. The molecule has 0 aromatic carbocycles. The van der Waals surface area contributed by atoms with Crippen LogP contribution in [0.2, 0.25) is 0 Å². The zero-order valence-corrected chi connectivity index (χ0v) is 12.5. The molecular weight excluding hydrogens is 298 g/mol. The van der Waals surface area contributed by atoms with Gasteiger partial charge in [0.1, 0.15) is 17.1 Å². The number of pyridine rings is 2. The van der Waals surface area contributed by atoms with Crippen LogP contribution in [0.5, 0.6) is 5.75 Å². The lowest BCUT2D eigenvalue weighted by molar-refractivity contribution is 0.0970. The van der Waals surface area contributed by atoms with Gasteiger partial charge in [-0.3, -0.25) is 14.4 Å². The van der Waals surface area contributed by atoms with Gasteiger partial charge in [0, 0.05) is 18.3 Å². The highest BCUT2D eigenvalue weighted by molar-refractivity contribution is 6.06. The van der Waals surface area contributed by atoms with Gasteiger partial charge in [-0.25, -0.2) is 4.98 Å². The number of hydrogen-bond donors (Lipinski definition) is 2. The average Bonchev–Trinajstić information content (AvgIpc) is 2.55. The van der Waals surface area contributed by atoms with Crippen molar-refractivity contribution < 1.29 is 14.3 Å². The Kier molecular flexibility index (Phi) is 3.92. The summed E-state index contributed by atoms with van der Waals surface area (Å²) in [5.41, 5.74) is 0.0723. The number of rotatable bonds is 3. The number of nitrogens with one attached hydrogen (secondary N) is 2. The molecule has 0 saturated carbocycles.